The highest BCUT2D eigenvalue weighted by molar-refractivity contribution is 7.10. The van der Waals surface area contributed by atoms with Crippen LogP contribution >= 0.6 is 11.3 Å². The molecule has 0 radical (unpaired) electrons. The van der Waals surface area contributed by atoms with Crippen LogP contribution in [0, 0.1) is 13.8 Å². The van der Waals surface area contributed by atoms with Crippen molar-refractivity contribution in [3.05, 3.63) is 76.0 Å². The van der Waals surface area contributed by atoms with E-state index in [1.165, 1.54) is 36.3 Å². The van der Waals surface area contributed by atoms with Crippen molar-refractivity contribution < 1.29 is 9.59 Å². The monoisotopic (exact) mass is 448 g/mol. The lowest BCUT2D eigenvalue weighted by Crippen LogP contribution is -2.47. The number of rotatable bonds is 6. The summed E-state index contributed by atoms with van der Waals surface area (Å²) in [5, 5.41) is 5.21. The van der Waals surface area contributed by atoms with Gasteiger partial charge in [0.15, 0.2) is 6.04 Å². The number of benzene rings is 1. The summed E-state index contributed by atoms with van der Waals surface area (Å²) in [5.41, 5.74) is 2.87. The molecule has 6 nitrogen and oxygen atoms in total. The van der Waals surface area contributed by atoms with Crippen LogP contribution in [0.2, 0.25) is 0 Å². The van der Waals surface area contributed by atoms with Crippen LogP contribution in [0.1, 0.15) is 64.6 Å². The van der Waals surface area contributed by atoms with Gasteiger partial charge in [0.1, 0.15) is 5.69 Å². The van der Waals surface area contributed by atoms with Gasteiger partial charge in [-0.1, -0.05) is 31.4 Å². The fraction of sp³-hybridized carbons (Fsp3) is 0.360. The van der Waals surface area contributed by atoms with Crippen LogP contribution in [0.5, 0.6) is 0 Å². The third-order valence-electron chi connectivity index (χ3n) is 5.89. The molecule has 2 aromatic heterocycles. The lowest BCUT2D eigenvalue weighted by atomic mass is 9.95. The van der Waals surface area contributed by atoms with Crippen molar-refractivity contribution in [1.82, 2.24) is 15.3 Å². The summed E-state index contributed by atoms with van der Waals surface area (Å²) in [4.78, 5) is 38.2. The van der Waals surface area contributed by atoms with Gasteiger partial charge in [0.2, 0.25) is 5.91 Å². The topological polar surface area (TPSA) is 75.2 Å². The zero-order valence-electron chi connectivity index (χ0n) is 18.5. The van der Waals surface area contributed by atoms with Crippen molar-refractivity contribution >= 4 is 28.8 Å². The Labute approximate surface area is 192 Å². The van der Waals surface area contributed by atoms with Crippen LogP contribution in [0.25, 0.3) is 0 Å². The van der Waals surface area contributed by atoms with Crippen LogP contribution in [0.4, 0.5) is 5.69 Å². The molecule has 1 N–H and O–H groups in total. The van der Waals surface area contributed by atoms with E-state index < -0.39 is 6.04 Å². The molecule has 0 aliphatic heterocycles. The van der Waals surface area contributed by atoms with Crippen LogP contribution in [0.15, 0.2) is 54.3 Å². The molecule has 0 saturated heterocycles. The number of hydrogen-bond donors (Lipinski definition) is 1. The normalized spacial score (nSPS) is 15.2. The molecule has 1 aliphatic rings. The van der Waals surface area contributed by atoms with E-state index in [0.29, 0.717) is 5.69 Å². The van der Waals surface area contributed by atoms with Crippen molar-refractivity contribution in [3.63, 3.8) is 0 Å². The van der Waals surface area contributed by atoms with Gasteiger partial charge in [-0.3, -0.25) is 19.5 Å². The second-order valence-corrected chi connectivity index (χ2v) is 9.27. The van der Waals surface area contributed by atoms with Gasteiger partial charge in [0.05, 0.1) is 6.20 Å². The van der Waals surface area contributed by atoms with E-state index in [-0.39, 0.29) is 23.6 Å². The molecule has 166 valence electrons. The van der Waals surface area contributed by atoms with Crippen LogP contribution < -0.4 is 10.2 Å². The quantitative estimate of drug-likeness (QED) is 0.576. The summed E-state index contributed by atoms with van der Waals surface area (Å²) < 4.78 is 0. The van der Waals surface area contributed by atoms with Gasteiger partial charge >= 0.3 is 0 Å². The third-order valence-corrected chi connectivity index (χ3v) is 6.96. The van der Waals surface area contributed by atoms with Crippen molar-refractivity contribution in [2.24, 2.45) is 0 Å². The Morgan fingerprint density at radius 3 is 2.59 bits per heavy atom. The number of amides is 2. The summed E-state index contributed by atoms with van der Waals surface area (Å²) in [6, 6.07) is 9.02. The molecule has 1 fully saturated rings. The Kier molecular flexibility index (Phi) is 6.95. The predicted molar refractivity (Wildman–Crippen MR) is 127 cm³/mol. The molecule has 32 heavy (non-hydrogen) atoms. The number of carbonyl (C=O) groups is 2. The number of aryl methyl sites for hydroxylation is 2. The minimum absolute atomic E-state index is 0.144. The zero-order valence-corrected chi connectivity index (χ0v) is 19.3. The first-order chi connectivity index (χ1) is 15.5. The number of hydrogen-bond acceptors (Lipinski definition) is 5. The van der Waals surface area contributed by atoms with E-state index in [4.69, 9.17) is 0 Å². The Hall–Kier alpha value is -3.06. The van der Waals surface area contributed by atoms with E-state index in [9.17, 15) is 9.59 Å². The summed E-state index contributed by atoms with van der Waals surface area (Å²) >= 11 is 1.50. The third kappa shape index (κ3) is 4.88. The fourth-order valence-corrected chi connectivity index (χ4v) is 5.25. The molecule has 2 amide bonds. The SMILES string of the molecule is Cc1cccc(N(C(=O)c2cnccn2)C(C(=O)NC2CCCCC2)c2sccc2C)c1. The van der Waals surface area contributed by atoms with E-state index in [2.05, 4.69) is 15.3 Å². The van der Waals surface area contributed by atoms with Gasteiger partial charge in [-0.2, -0.15) is 0 Å². The summed E-state index contributed by atoms with van der Waals surface area (Å²) in [6.45, 7) is 3.95. The number of nitrogens with zero attached hydrogens (tertiary/aromatic N) is 3. The number of aromatic nitrogens is 2. The molecule has 7 heteroatoms. The van der Waals surface area contributed by atoms with Gasteiger partial charge < -0.3 is 5.32 Å². The highest BCUT2D eigenvalue weighted by atomic mass is 32.1. The molecule has 1 atom stereocenters. The minimum atomic E-state index is -0.784. The van der Waals surface area contributed by atoms with Gasteiger partial charge in [0, 0.05) is 29.0 Å². The molecule has 1 saturated carbocycles. The Balaban J connectivity index is 1.79. The van der Waals surface area contributed by atoms with Crippen LogP contribution in [-0.4, -0.2) is 27.8 Å². The minimum Gasteiger partial charge on any atom is -0.351 e. The largest absolute Gasteiger partial charge is 0.351 e. The van der Waals surface area contributed by atoms with Crippen molar-refractivity contribution in [3.8, 4) is 0 Å². The average Bonchev–Trinajstić information content (AvgIpc) is 3.23. The average molecular weight is 449 g/mol. The second kappa shape index (κ2) is 10.0. The van der Waals surface area contributed by atoms with Crippen LogP contribution in [-0.2, 0) is 4.79 Å². The number of thiophene rings is 1. The standard InChI is InChI=1S/C25H28N4O2S/c1-17-7-6-10-20(15-17)29(25(31)21-16-26-12-13-27-21)22(23-18(2)11-14-32-23)24(30)28-19-8-4-3-5-9-19/h6-7,10-16,19,22H,3-5,8-9H2,1-2H3,(H,28,30). The van der Waals surface area contributed by atoms with Gasteiger partial charge in [-0.25, -0.2) is 4.98 Å². The van der Waals surface area contributed by atoms with Crippen molar-refractivity contribution in [1.29, 1.82) is 0 Å². The van der Waals surface area contributed by atoms with Crippen molar-refractivity contribution in [2.75, 3.05) is 4.90 Å². The van der Waals surface area contributed by atoms with Crippen LogP contribution in [0.3, 0.4) is 0 Å². The van der Waals surface area contributed by atoms with E-state index in [1.807, 2.05) is 49.6 Å². The summed E-state index contributed by atoms with van der Waals surface area (Å²) in [5.74, 6) is -0.499. The van der Waals surface area contributed by atoms with E-state index in [1.54, 1.807) is 4.90 Å². The molecule has 1 unspecified atom stereocenters. The molecule has 1 aliphatic carbocycles. The lowest BCUT2D eigenvalue weighted by Gasteiger charge is -2.33. The lowest BCUT2D eigenvalue weighted by molar-refractivity contribution is -0.123. The first-order valence-corrected chi connectivity index (χ1v) is 11.9. The van der Waals surface area contributed by atoms with Crippen molar-refractivity contribution in [2.45, 2.75) is 58.0 Å². The molecule has 0 spiro atoms. The molecular weight excluding hydrogens is 420 g/mol. The first-order valence-electron chi connectivity index (χ1n) is 11.0. The van der Waals surface area contributed by atoms with Gasteiger partial charge in [0.25, 0.3) is 5.91 Å². The number of carbonyl (C=O) groups excluding carboxylic acids is 2. The predicted octanol–water partition coefficient (Wildman–Crippen LogP) is 4.99. The smallest absolute Gasteiger partial charge is 0.279 e. The molecule has 4 rings (SSSR count). The van der Waals surface area contributed by atoms with Gasteiger partial charge in [-0.15, -0.1) is 11.3 Å². The Bertz CT molecular complexity index is 1080. The maximum absolute atomic E-state index is 13.8. The second-order valence-electron chi connectivity index (χ2n) is 8.32. The van der Waals surface area contributed by atoms with E-state index >= 15 is 0 Å². The molecular formula is C25H28N4O2S. The van der Waals surface area contributed by atoms with E-state index in [0.717, 1.165) is 41.7 Å². The molecule has 3 aromatic rings. The number of nitrogens with one attached hydrogen (secondary N) is 1. The zero-order chi connectivity index (χ0) is 22.5. The Morgan fingerprint density at radius 2 is 1.94 bits per heavy atom. The maximum Gasteiger partial charge on any atom is 0.279 e. The number of anilines is 1. The van der Waals surface area contributed by atoms with Gasteiger partial charge in [-0.05, 0) is 61.4 Å². The highest BCUT2D eigenvalue weighted by Crippen LogP contribution is 2.35. The molecule has 0 bridgehead atoms. The Morgan fingerprint density at radius 1 is 1.12 bits per heavy atom. The summed E-state index contributed by atoms with van der Waals surface area (Å²) in [7, 11) is 0. The summed E-state index contributed by atoms with van der Waals surface area (Å²) in [6.07, 6.45) is 9.87. The molecule has 1 aromatic carbocycles. The maximum atomic E-state index is 13.8. The first kappa shape index (κ1) is 22.1. The molecule has 2 heterocycles. The highest BCUT2D eigenvalue weighted by Gasteiger charge is 2.36. The fourth-order valence-electron chi connectivity index (χ4n) is 4.24.